The molecular weight excluding hydrogens is 212 g/mol. The topological polar surface area (TPSA) is 30.2 Å². The summed E-state index contributed by atoms with van der Waals surface area (Å²) in [4.78, 5) is 10.0. The predicted molar refractivity (Wildman–Crippen MR) is 68.0 cm³/mol. The number of hydrogen-bond donors (Lipinski definition) is 0. The summed E-state index contributed by atoms with van der Waals surface area (Å²) >= 11 is 0. The monoisotopic (exact) mass is 224 g/mol. The van der Waals surface area contributed by atoms with Crippen LogP contribution in [-0.4, -0.2) is 6.29 Å². The van der Waals surface area contributed by atoms with E-state index in [1.807, 2.05) is 48.5 Å². The molecule has 0 saturated carbocycles. The van der Waals surface area contributed by atoms with Crippen molar-refractivity contribution in [1.82, 2.24) is 0 Å². The van der Waals surface area contributed by atoms with Crippen LogP contribution >= 0.6 is 0 Å². The molecule has 1 heterocycles. The molecule has 2 nitrogen and oxygen atoms in total. The van der Waals surface area contributed by atoms with Gasteiger partial charge in [0, 0.05) is 10.9 Å². The van der Waals surface area contributed by atoms with Crippen LogP contribution < -0.4 is 0 Å². The number of carbonyl (C=O) groups excluding carboxylic acids is 1. The van der Waals surface area contributed by atoms with Crippen LogP contribution in [0.15, 0.2) is 71.3 Å². The maximum Gasteiger partial charge on any atom is 0.150 e. The van der Waals surface area contributed by atoms with E-state index < -0.39 is 0 Å². The molecule has 0 fully saturated rings. The minimum absolute atomic E-state index is 0.729. The Bertz CT molecular complexity index is 552. The quantitative estimate of drug-likeness (QED) is 0.586. The van der Waals surface area contributed by atoms with Crippen LogP contribution in [0.5, 0.6) is 0 Å². The molecule has 0 bridgehead atoms. The Balaban J connectivity index is 0.000000128. The molecule has 0 spiro atoms. The van der Waals surface area contributed by atoms with Gasteiger partial charge in [0.05, 0.1) is 6.26 Å². The molecule has 0 aliphatic rings. The SMILES string of the molecule is O=Cc1ccccc1.c1ccc2occc2c1. The fraction of sp³-hybridized carbons (Fsp3) is 0. The predicted octanol–water partition coefficient (Wildman–Crippen LogP) is 3.93. The zero-order valence-electron chi connectivity index (χ0n) is 9.24. The largest absolute Gasteiger partial charge is 0.464 e. The molecule has 0 aliphatic heterocycles. The fourth-order valence-corrected chi connectivity index (χ4v) is 1.44. The fourth-order valence-electron chi connectivity index (χ4n) is 1.44. The number of fused-ring (bicyclic) bond motifs is 1. The van der Waals surface area contributed by atoms with E-state index in [1.165, 1.54) is 0 Å². The molecular formula is C15H12O2. The van der Waals surface area contributed by atoms with Crippen LogP contribution in [0.1, 0.15) is 10.4 Å². The number of benzene rings is 2. The van der Waals surface area contributed by atoms with E-state index in [4.69, 9.17) is 4.42 Å². The van der Waals surface area contributed by atoms with Gasteiger partial charge in [-0.3, -0.25) is 4.79 Å². The van der Waals surface area contributed by atoms with Crippen LogP contribution in [0.25, 0.3) is 11.0 Å². The second-order valence-corrected chi connectivity index (χ2v) is 3.49. The molecule has 3 rings (SSSR count). The van der Waals surface area contributed by atoms with E-state index in [2.05, 4.69) is 0 Å². The smallest absolute Gasteiger partial charge is 0.150 e. The van der Waals surface area contributed by atoms with Gasteiger partial charge in [-0.05, 0) is 12.1 Å². The molecule has 2 aromatic carbocycles. The average molecular weight is 224 g/mol. The number of carbonyl (C=O) groups is 1. The highest BCUT2D eigenvalue weighted by molar-refractivity contribution is 5.76. The molecule has 17 heavy (non-hydrogen) atoms. The van der Waals surface area contributed by atoms with Crippen molar-refractivity contribution in [1.29, 1.82) is 0 Å². The third-order valence-electron chi connectivity index (χ3n) is 2.30. The average Bonchev–Trinajstić information content (AvgIpc) is 2.89. The van der Waals surface area contributed by atoms with Gasteiger partial charge >= 0.3 is 0 Å². The Hall–Kier alpha value is -2.35. The lowest BCUT2D eigenvalue weighted by Gasteiger charge is -1.81. The number of para-hydroxylation sites is 1. The third kappa shape index (κ3) is 3.05. The molecule has 0 radical (unpaired) electrons. The molecule has 2 heteroatoms. The van der Waals surface area contributed by atoms with Crippen molar-refractivity contribution in [3.05, 3.63) is 72.5 Å². The van der Waals surface area contributed by atoms with Gasteiger partial charge < -0.3 is 4.42 Å². The maximum absolute atomic E-state index is 10.0. The second-order valence-electron chi connectivity index (χ2n) is 3.49. The molecule has 0 amide bonds. The van der Waals surface area contributed by atoms with Crippen LogP contribution in [0.2, 0.25) is 0 Å². The van der Waals surface area contributed by atoms with Crippen molar-refractivity contribution in [2.45, 2.75) is 0 Å². The van der Waals surface area contributed by atoms with Crippen LogP contribution in [0.4, 0.5) is 0 Å². The zero-order chi connectivity index (χ0) is 11.9. The molecule has 0 N–H and O–H groups in total. The summed E-state index contributed by atoms with van der Waals surface area (Å²) in [5.41, 5.74) is 1.69. The van der Waals surface area contributed by atoms with E-state index in [0.29, 0.717) is 0 Å². The Labute approximate surface area is 99.5 Å². The van der Waals surface area contributed by atoms with E-state index >= 15 is 0 Å². The first-order valence-corrected chi connectivity index (χ1v) is 5.32. The summed E-state index contributed by atoms with van der Waals surface area (Å²) in [5, 5.41) is 1.16. The lowest BCUT2D eigenvalue weighted by atomic mass is 10.2. The van der Waals surface area contributed by atoms with Gasteiger partial charge in [0.15, 0.2) is 0 Å². The van der Waals surface area contributed by atoms with Crippen molar-refractivity contribution >= 4 is 17.3 Å². The highest BCUT2D eigenvalue weighted by Gasteiger charge is 1.89. The van der Waals surface area contributed by atoms with Gasteiger partial charge in [0.2, 0.25) is 0 Å². The Morgan fingerprint density at radius 1 is 0.824 bits per heavy atom. The van der Waals surface area contributed by atoms with Crippen molar-refractivity contribution in [3.63, 3.8) is 0 Å². The van der Waals surface area contributed by atoms with Crippen molar-refractivity contribution in [3.8, 4) is 0 Å². The Kier molecular flexibility index (Phi) is 3.71. The summed E-state index contributed by atoms with van der Waals surface area (Å²) in [6.07, 6.45) is 2.53. The molecule has 0 atom stereocenters. The molecule has 1 aromatic heterocycles. The lowest BCUT2D eigenvalue weighted by molar-refractivity contribution is 0.112. The van der Waals surface area contributed by atoms with Gasteiger partial charge in [-0.2, -0.15) is 0 Å². The molecule has 0 saturated heterocycles. The van der Waals surface area contributed by atoms with Gasteiger partial charge in [0.25, 0.3) is 0 Å². The number of rotatable bonds is 1. The van der Waals surface area contributed by atoms with Gasteiger partial charge in [-0.25, -0.2) is 0 Å². The van der Waals surface area contributed by atoms with E-state index in [-0.39, 0.29) is 0 Å². The van der Waals surface area contributed by atoms with Crippen LogP contribution in [0.3, 0.4) is 0 Å². The van der Waals surface area contributed by atoms with Crippen LogP contribution in [0, 0.1) is 0 Å². The first-order chi connectivity index (χ1) is 8.40. The van der Waals surface area contributed by atoms with Gasteiger partial charge in [0.1, 0.15) is 11.9 Å². The van der Waals surface area contributed by atoms with Crippen molar-refractivity contribution < 1.29 is 9.21 Å². The Morgan fingerprint density at radius 2 is 1.53 bits per heavy atom. The van der Waals surface area contributed by atoms with Gasteiger partial charge in [-0.15, -0.1) is 0 Å². The summed E-state index contributed by atoms with van der Waals surface area (Å²) in [6.45, 7) is 0. The zero-order valence-corrected chi connectivity index (χ0v) is 9.24. The van der Waals surface area contributed by atoms with E-state index in [9.17, 15) is 4.79 Å². The first kappa shape index (κ1) is 11.1. The normalized spacial score (nSPS) is 9.41. The molecule has 0 unspecified atom stereocenters. The highest BCUT2D eigenvalue weighted by atomic mass is 16.3. The molecule has 0 aliphatic carbocycles. The standard InChI is InChI=1S/C8H6O.C7H6O/c1-2-4-8-7(3-1)5-6-9-8;8-6-7-4-2-1-3-5-7/h1-6H;1-6H. The van der Waals surface area contributed by atoms with E-state index in [0.717, 1.165) is 22.8 Å². The lowest BCUT2D eigenvalue weighted by Crippen LogP contribution is -1.73. The summed E-state index contributed by atoms with van der Waals surface area (Å²) in [6, 6.07) is 19.0. The summed E-state index contributed by atoms with van der Waals surface area (Å²) in [5.74, 6) is 0. The number of aldehydes is 1. The molecule has 3 aromatic rings. The highest BCUT2D eigenvalue weighted by Crippen LogP contribution is 2.12. The second kappa shape index (κ2) is 5.66. The minimum Gasteiger partial charge on any atom is -0.464 e. The molecule has 84 valence electrons. The van der Waals surface area contributed by atoms with Crippen LogP contribution in [-0.2, 0) is 0 Å². The summed E-state index contributed by atoms with van der Waals surface area (Å²) < 4.78 is 5.12. The van der Waals surface area contributed by atoms with E-state index in [1.54, 1.807) is 18.4 Å². The number of hydrogen-bond acceptors (Lipinski definition) is 2. The van der Waals surface area contributed by atoms with Gasteiger partial charge in [-0.1, -0.05) is 48.5 Å². The Morgan fingerprint density at radius 3 is 2.18 bits per heavy atom. The third-order valence-corrected chi connectivity index (χ3v) is 2.30. The van der Waals surface area contributed by atoms with Crippen molar-refractivity contribution in [2.24, 2.45) is 0 Å². The maximum atomic E-state index is 10.0. The summed E-state index contributed by atoms with van der Waals surface area (Å²) in [7, 11) is 0. The minimum atomic E-state index is 0.729. The first-order valence-electron chi connectivity index (χ1n) is 5.32. The van der Waals surface area contributed by atoms with Crippen molar-refractivity contribution in [2.75, 3.05) is 0 Å². The number of furan rings is 1.